The van der Waals surface area contributed by atoms with E-state index >= 15 is 0 Å². The van der Waals surface area contributed by atoms with Gasteiger partial charge in [-0.05, 0) is 38.1 Å². The lowest BCUT2D eigenvalue weighted by Crippen LogP contribution is -2.28. The summed E-state index contributed by atoms with van der Waals surface area (Å²) in [4.78, 5) is 0. The van der Waals surface area contributed by atoms with Gasteiger partial charge in [0.1, 0.15) is 6.54 Å². The van der Waals surface area contributed by atoms with Crippen LogP contribution in [0.4, 0.5) is 11.4 Å². The van der Waals surface area contributed by atoms with Gasteiger partial charge in [0, 0.05) is 41.0 Å². The van der Waals surface area contributed by atoms with Crippen LogP contribution in [0.5, 0.6) is 0 Å². The molecule has 5 nitrogen and oxygen atoms in total. The van der Waals surface area contributed by atoms with Crippen molar-refractivity contribution in [3.63, 3.8) is 0 Å². The summed E-state index contributed by atoms with van der Waals surface area (Å²) in [6.45, 7) is 4.71. The average molecular weight is 420 g/mol. The summed E-state index contributed by atoms with van der Waals surface area (Å²) in [6.07, 6.45) is 4.21. The number of hydrogen-bond acceptors (Lipinski definition) is 3. The van der Waals surface area contributed by atoms with Crippen LogP contribution in [0, 0.1) is 0 Å². The van der Waals surface area contributed by atoms with Gasteiger partial charge in [0.25, 0.3) is 10.1 Å². The van der Waals surface area contributed by atoms with Crippen LogP contribution in [-0.2, 0) is 15.5 Å². The number of hydrogen-bond donors (Lipinski definition) is 2. The number of benzene rings is 2. The van der Waals surface area contributed by atoms with Crippen molar-refractivity contribution in [3.8, 4) is 0 Å². The van der Waals surface area contributed by atoms with Crippen molar-refractivity contribution < 1.29 is 17.5 Å². The van der Waals surface area contributed by atoms with Crippen molar-refractivity contribution >= 4 is 38.8 Å². The van der Waals surface area contributed by atoms with Crippen molar-refractivity contribution in [1.29, 1.82) is 0 Å². The quantitative estimate of drug-likeness (QED) is 0.507. The largest absolute Gasteiger partial charge is 0.361 e. The average Bonchev–Trinajstić information content (AvgIpc) is 2.82. The molecule has 0 unspecified atom stereocenters. The fraction of sp³-hybridized carbons (Fsp3) is 0.286. The topological polar surface area (TPSA) is 69.4 Å². The van der Waals surface area contributed by atoms with E-state index in [0.29, 0.717) is 18.0 Å². The highest BCUT2D eigenvalue weighted by atomic mass is 35.5. The summed E-state index contributed by atoms with van der Waals surface area (Å²) in [5.41, 5.74) is 3.81. The summed E-state index contributed by atoms with van der Waals surface area (Å²) >= 11 is 6.22. The van der Waals surface area contributed by atoms with Crippen molar-refractivity contribution in [2.75, 3.05) is 17.6 Å². The minimum absolute atomic E-state index is 0.272. The van der Waals surface area contributed by atoms with Crippen LogP contribution in [0.25, 0.3) is 0 Å². The summed E-state index contributed by atoms with van der Waals surface area (Å²) in [6, 6.07) is 15.6. The number of fused-ring (bicyclic) bond motifs is 1. The molecule has 0 spiro atoms. The molecule has 2 aromatic carbocycles. The normalized spacial score (nSPS) is 15.9. The minimum Gasteiger partial charge on any atom is -0.361 e. The molecule has 2 N–H and O–H groups in total. The van der Waals surface area contributed by atoms with Crippen molar-refractivity contribution in [1.82, 2.24) is 0 Å². The first-order chi connectivity index (χ1) is 13.2. The molecule has 0 saturated heterocycles. The maximum atomic E-state index is 11.1. The zero-order valence-electron chi connectivity index (χ0n) is 15.9. The Hall–Kier alpha value is -2.15. The Kier molecular flexibility index (Phi) is 5.93. The van der Waals surface area contributed by atoms with Crippen LogP contribution in [-0.4, -0.2) is 35.6 Å². The molecule has 0 amide bonds. The highest BCUT2D eigenvalue weighted by molar-refractivity contribution is 7.85. The maximum absolute atomic E-state index is 11.1. The molecule has 0 aliphatic carbocycles. The standard InChI is InChI=1S/C21H23ClN2O3S/c1-21(2)18-15-16(22)9-10-19(18)24(13-6-14-28(25,26)27)20(21)11-12-23-17-7-4-3-5-8-17/h3-5,7-12,15H,6,13-14H2,1-2H3,(H,25,26,27)/p+1. The van der Waals surface area contributed by atoms with Gasteiger partial charge in [-0.25, -0.2) is 0 Å². The number of allylic oxidation sites excluding steroid dienone is 1. The molecule has 0 fully saturated rings. The number of nitrogens with one attached hydrogen (secondary N) is 1. The van der Waals surface area contributed by atoms with Gasteiger partial charge in [-0.1, -0.05) is 29.8 Å². The summed E-state index contributed by atoms with van der Waals surface area (Å²) < 4.78 is 33.4. The first kappa shape index (κ1) is 20.6. The zero-order chi connectivity index (χ0) is 20.4. The number of para-hydroxylation sites is 1. The lowest BCUT2D eigenvalue weighted by molar-refractivity contribution is -0.437. The Balaban J connectivity index is 1.93. The Morgan fingerprint density at radius 2 is 1.89 bits per heavy atom. The first-order valence-electron chi connectivity index (χ1n) is 9.07. The Morgan fingerprint density at radius 1 is 1.18 bits per heavy atom. The van der Waals surface area contributed by atoms with Gasteiger partial charge in [-0.15, -0.1) is 0 Å². The molecule has 28 heavy (non-hydrogen) atoms. The van der Waals surface area contributed by atoms with E-state index in [2.05, 4.69) is 23.7 Å². The molecule has 3 rings (SSSR count). The molecule has 0 atom stereocenters. The molecule has 1 heterocycles. The lowest BCUT2D eigenvalue weighted by atomic mass is 9.81. The van der Waals surface area contributed by atoms with E-state index in [0.717, 1.165) is 22.6 Å². The van der Waals surface area contributed by atoms with Crippen molar-refractivity contribution in [3.05, 3.63) is 71.4 Å². The van der Waals surface area contributed by atoms with Crippen LogP contribution in [0.2, 0.25) is 5.02 Å². The fourth-order valence-electron chi connectivity index (χ4n) is 3.54. The second kappa shape index (κ2) is 8.07. The maximum Gasteiger partial charge on any atom is 0.265 e. The lowest BCUT2D eigenvalue weighted by Gasteiger charge is -2.15. The molecular formula is C21H24ClN2O3S+. The summed E-state index contributed by atoms with van der Waals surface area (Å²) in [5, 5.41) is 3.92. The van der Waals surface area contributed by atoms with Crippen LogP contribution < -0.4 is 5.32 Å². The highest BCUT2D eigenvalue weighted by Crippen LogP contribution is 2.41. The monoisotopic (exact) mass is 419 g/mol. The molecule has 0 saturated carbocycles. The van der Waals surface area contributed by atoms with E-state index in [4.69, 9.17) is 16.2 Å². The van der Waals surface area contributed by atoms with Crippen molar-refractivity contribution in [2.24, 2.45) is 0 Å². The highest BCUT2D eigenvalue weighted by Gasteiger charge is 2.44. The molecule has 0 radical (unpaired) electrons. The predicted molar refractivity (Wildman–Crippen MR) is 115 cm³/mol. The SMILES string of the molecule is CC1(C)C(/C=C/Nc2ccccc2)=[N+](CCCS(=O)(=O)O)c2ccc(Cl)cc21. The van der Waals surface area contributed by atoms with Gasteiger partial charge in [0.15, 0.2) is 5.71 Å². The molecule has 0 aromatic heterocycles. The minimum atomic E-state index is -3.99. The van der Waals surface area contributed by atoms with Gasteiger partial charge >= 0.3 is 0 Å². The van der Waals surface area contributed by atoms with Crippen LogP contribution in [0.3, 0.4) is 0 Å². The van der Waals surface area contributed by atoms with E-state index in [-0.39, 0.29) is 11.2 Å². The Bertz CT molecular complexity index is 1030. The van der Waals surface area contributed by atoms with Gasteiger partial charge in [0.2, 0.25) is 5.69 Å². The number of halogens is 1. The third-order valence-electron chi connectivity index (χ3n) is 4.90. The molecule has 0 bridgehead atoms. The van der Waals surface area contributed by atoms with E-state index in [1.807, 2.05) is 60.8 Å². The van der Waals surface area contributed by atoms with Gasteiger partial charge in [0.05, 0.1) is 11.2 Å². The summed E-state index contributed by atoms with van der Waals surface area (Å²) in [5.74, 6) is -0.272. The van der Waals surface area contributed by atoms with E-state index < -0.39 is 10.1 Å². The number of rotatable bonds is 7. The molecule has 2 aromatic rings. The second-order valence-electron chi connectivity index (χ2n) is 7.31. The third-order valence-corrected chi connectivity index (χ3v) is 5.94. The Morgan fingerprint density at radius 3 is 2.57 bits per heavy atom. The van der Waals surface area contributed by atoms with Crippen LogP contribution >= 0.6 is 11.6 Å². The van der Waals surface area contributed by atoms with Crippen LogP contribution in [0.1, 0.15) is 25.8 Å². The molecular weight excluding hydrogens is 396 g/mol. The summed E-state index contributed by atoms with van der Waals surface area (Å²) in [7, 11) is -3.99. The van der Waals surface area contributed by atoms with Crippen LogP contribution in [0.15, 0.2) is 60.8 Å². The number of nitrogens with zero attached hydrogens (tertiary/aromatic N) is 1. The van der Waals surface area contributed by atoms with Gasteiger partial charge in [-0.3, -0.25) is 4.55 Å². The smallest absolute Gasteiger partial charge is 0.265 e. The first-order valence-corrected chi connectivity index (χ1v) is 11.1. The molecule has 1 aliphatic rings. The predicted octanol–water partition coefficient (Wildman–Crippen LogP) is 4.62. The van der Waals surface area contributed by atoms with E-state index in [1.54, 1.807) is 0 Å². The molecule has 7 heteroatoms. The molecule has 1 aliphatic heterocycles. The Labute approximate surface area is 171 Å². The zero-order valence-corrected chi connectivity index (χ0v) is 17.5. The van der Waals surface area contributed by atoms with E-state index in [1.165, 1.54) is 0 Å². The van der Waals surface area contributed by atoms with Gasteiger partial charge < -0.3 is 5.32 Å². The number of anilines is 1. The fourth-order valence-corrected chi connectivity index (χ4v) is 4.21. The molecule has 148 valence electrons. The van der Waals surface area contributed by atoms with Gasteiger partial charge in [-0.2, -0.15) is 13.0 Å². The second-order valence-corrected chi connectivity index (χ2v) is 9.32. The van der Waals surface area contributed by atoms with E-state index in [9.17, 15) is 8.42 Å². The van der Waals surface area contributed by atoms with Crippen molar-refractivity contribution in [2.45, 2.75) is 25.7 Å². The third kappa shape index (κ3) is 4.63.